The highest BCUT2D eigenvalue weighted by Gasteiger charge is 2.27. The quantitative estimate of drug-likeness (QED) is 0.224. The maximum atomic E-state index is 14.2. The number of aliphatic imine (C=N–C) groups is 1. The molecule has 0 spiro atoms. The molecule has 1 amide bonds. The lowest BCUT2D eigenvalue weighted by molar-refractivity contribution is 0.100. The van der Waals surface area contributed by atoms with E-state index in [0.717, 1.165) is 39.2 Å². The number of amides is 1. The molecule has 0 aromatic heterocycles. The summed E-state index contributed by atoms with van der Waals surface area (Å²) in [6.45, 7) is 12.5. The second kappa shape index (κ2) is 10.1. The highest BCUT2D eigenvalue weighted by molar-refractivity contribution is 6.28. The fourth-order valence-corrected chi connectivity index (χ4v) is 4.82. The largest absolute Gasteiger partial charge is 0.268 e. The maximum absolute atomic E-state index is 14.2. The second-order valence-corrected chi connectivity index (χ2v) is 9.30. The smallest absolute Gasteiger partial charge is 0.264 e. The fourth-order valence-electron chi connectivity index (χ4n) is 4.82. The third-order valence-electron chi connectivity index (χ3n) is 6.18. The van der Waals surface area contributed by atoms with Crippen LogP contribution in [0.15, 0.2) is 89.9 Å². The molecule has 3 nitrogen and oxygen atoms in total. The molecular formula is C32H32N2O. The number of anilines is 1. The van der Waals surface area contributed by atoms with E-state index >= 15 is 0 Å². The number of carbonyl (C=O) groups is 1. The number of benzene rings is 4. The highest BCUT2D eigenvalue weighted by Crippen LogP contribution is 2.32. The number of hydrogen-bond donors (Lipinski definition) is 0. The summed E-state index contributed by atoms with van der Waals surface area (Å²) < 4.78 is 0. The molecule has 4 rings (SSSR count). The summed E-state index contributed by atoms with van der Waals surface area (Å²) in [4.78, 5) is 21.2. The van der Waals surface area contributed by atoms with E-state index in [2.05, 4.69) is 65.8 Å². The molecule has 4 aromatic rings. The van der Waals surface area contributed by atoms with Gasteiger partial charge in [-0.05, 0) is 75.9 Å². The zero-order valence-corrected chi connectivity index (χ0v) is 21.4. The second-order valence-electron chi connectivity index (χ2n) is 9.30. The average molecular weight is 461 g/mol. The third-order valence-corrected chi connectivity index (χ3v) is 6.18. The van der Waals surface area contributed by atoms with E-state index in [-0.39, 0.29) is 5.91 Å². The minimum atomic E-state index is -0.106. The first-order chi connectivity index (χ1) is 16.8. The van der Waals surface area contributed by atoms with Gasteiger partial charge in [-0.3, -0.25) is 9.69 Å². The number of nitrogens with zero attached hydrogens (tertiary/aromatic N) is 2. The first-order valence-electron chi connectivity index (χ1n) is 12.0. The molecule has 176 valence electrons. The lowest BCUT2D eigenvalue weighted by Crippen LogP contribution is -2.38. The van der Waals surface area contributed by atoms with Gasteiger partial charge in [0.2, 0.25) is 0 Å². The van der Waals surface area contributed by atoms with Crippen LogP contribution in [-0.2, 0) is 0 Å². The van der Waals surface area contributed by atoms with Gasteiger partial charge in [0.1, 0.15) is 5.84 Å². The van der Waals surface area contributed by atoms with Crippen LogP contribution in [0.25, 0.3) is 0 Å². The standard InChI is InChI=1S/C32H32N2O/c1-21-17-23(3)29(24(4)18-21)33-31(27-13-9-7-10-14-27)34(32(35)28-15-11-8-12-16-28)30-25(5)19-22(2)20-26(30)6/h7-20H,1-6H3. The number of hydrogen-bond acceptors (Lipinski definition) is 2. The number of carbonyl (C=O) groups excluding carboxylic acids is 1. The zero-order chi connectivity index (χ0) is 25.1. The van der Waals surface area contributed by atoms with Crippen molar-refractivity contribution < 1.29 is 4.79 Å². The first-order valence-corrected chi connectivity index (χ1v) is 12.0. The molecule has 0 aliphatic heterocycles. The van der Waals surface area contributed by atoms with Crippen molar-refractivity contribution in [2.45, 2.75) is 41.5 Å². The van der Waals surface area contributed by atoms with Gasteiger partial charge in [0, 0.05) is 11.1 Å². The molecule has 0 bridgehead atoms. The lowest BCUT2D eigenvalue weighted by Gasteiger charge is -2.29. The molecule has 0 aliphatic carbocycles. The maximum Gasteiger partial charge on any atom is 0.264 e. The summed E-state index contributed by atoms with van der Waals surface area (Å²) in [5, 5.41) is 0. The molecule has 0 saturated heterocycles. The summed E-state index contributed by atoms with van der Waals surface area (Å²) in [7, 11) is 0. The Morgan fingerprint density at radius 3 is 1.51 bits per heavy atom. The molecule has 0 fully saturated rings. The van der Waals surface area contributed by atoms with E-state index in [9.17, 15) is 4.79 Å². The van der Waals surface area contributed by atoms with Gasteiger partial charge in [0.05, 0.1) is 11.4 Å². The normalized spacial score (nSPS) is 11.4. The predicted molar refractivity (Wildman–Crippen MR) is 147 cm³/mol. The number of aryl methyl sites for hydroxylation is 6. The molecule has 3 heteroatoms. The molecule has 0 unspecified atom stereocenters. The minimum absolute atomic E-state index is 0.106. The van der Waals surface area contributed by atoms with E-state index in [1.165, 1.54) is 11.1 Å². The Labute approximate surface area is 208 Å². The number of rotatable bonds is 4. The molecule has 0 aliphatic rings. The predicted octanol–water partition coefficient (Wildman–Crippen LogP) is 7.96. The molecule has 35 heavy (non-hydrogen) atoms. The van der Waals surface area contributed by atoms with Gasteiger partial charge < -0.3 is 0 Å². The van der Waals surface area contributed by atoms with Crippen LogP contribution >= 0.6 is 0 Å². The van der Waals surface area contributed by atoms with Crippen molar-refractivity contribution in [2.24, 2.45) is 4.99 Å². The van der Waals surface area contributed by atoms with Crippen molar-refractivity contribution >= 4 is 23.1 Å². The molecule has 0 heterocycles. The Morgan fingerprint density at radius 2 is 1.03 bits per heavy atom. The van der Waals surface area contributed by atoms with Crippen molar-refractivity contribution in [3.8, 4) is 0 Å². The van der Waals surface area contributed by atoms with Crippen LogP contribution in [0, 0.1) is 41.5 Å². The van der Waals surface area contributed by atoms with Crippen LogP contribution in [0.3, 0.4) is 0 Å². The summed E-state index contributed by atoms with van der Waals surface area (Å²) in [6.07, 6.45) is 0. The molecule has 0 radical (unpaired) electrons. The van der Waals surface area contributed by atoms with Gasteiger partial charge >= 0.3 is 0 Å². The summed E-state index contributed by atoms with van der Waals surface area (Å²) in [6, 6.07) is 27.9. The van der Waals surface area contributed by atoms with Crippen molar-refractivity contribution in [1.82, 2.24) is 0 Å². The average Bonchev–Trinajstić information content (AvgIpc) is 2.82. The Kier molecular flexibility index (Phi) is 6.97. The topological polar surface area (TPSA) is 32.7 Å². The van der Waals surface area contributed by atoms with Gasteiger partial charge in [-0.25, -0.2) is 4.99 Å². The van der Waals surface area contributed by atoms with Crippen LogP contribution in [0.2, 0.25) is 0 Å². The zero-order valence-electron chi connectivity index (χ0n) is 21.4. The number of amidine groups is 1. The van der Waals surface area contributed by atoms with Crippen molar-refractivity contribution in [1.29, 1.82) is 0 Å². The molecular weight excluding hydrogens is 428 g/mol. The molecule has 4 aromatic carbocycles. The van der Waals surface area contributed by atoms with Gasteiger partial charge in [0.15, 0.2) is 0 Å². The van der Waals surface area contributed by atoms with E-state index in [1.807, 2.05) is 60.7 Å². The molecule has 0 N–H and O–H groups in total. The molecule has 0 atom stereocenters. The Balaban J connectivity index is 2.06. The van der Waals surface area contributed by atoms with Crippen molar-refractivity contribution in [3.05, 3.63) is 129 Å². The Bertz CT molecular complexity index is 1360. The monoisotopic (exact) mass is 460 g/mol. The first kappa shape index (κ1) is 24.2. The van der Waals surface area contributed by atoms with E-state index in [0.29, 0.717) is 11.4 Å². The third kappa shape index (κ3) is 5.09. The van der Waals surface area contributed by atoms with Crippen molar-refractivity contribution in [2.75, 3.05) is 4.90 Å². The highest BCUT2D eigenvalue weighted by atomic mass is 16.2. The summed E-state index contributed by atoms with van der Waals surface area (Å²) in [5.41, 5.74) is 9.86. The minimum Gasteiger partial charge on any atom is -0.268 e. The fraction of sp³-hybridized carbons (Fsp3) is 0.188. The molecule has 0 saturated carbocycles. The summed E-state index contributed by atoms with van der Waals surface area (Å²) >= 11 is 0. The van der Waals surface area contributed by atoms with Crippen LogP contribution in [0.4, 0.5) is 11.4 Å². The van der Waals surface area contributed by atoms with E-state index < -0.39 is 0 Å². The Hall–Kier alpha value is -3.98. The van der Waals surface area contributed by atoms with Gasteiger partial charge in [0.25, 0.3) is 5.91 Å². The van der Waals surface area contributed by atoms with E-state index in [1.54, 1.807) is 4.90 Å². The van der Waals surface area contributed by atoms with Gasteiger partial charge in [-0.1, -0.05) is 83.9 Å². The lowest BCUT2D eigenvalue weighted by atomic mass is 10.0. The van der Waals surface area contributed by atoms with Crippen LogP contribution in [0.5, 0.6) is 0 Å². The van der Waals surface area contributed by atoms with Gasteiger partial charge in [-0.15, -0.1) is 0 Å². The Morgan fingerprint density at radius 1 is 0.600 bits per heavy atom. The van der Waals surface area contributed by atoms with E-state index in [4.69, 9.17) is 4.99 Å². The van der Waals surface area contributed by atoms with Crippen molar-refractivity contribution in [3.63, 3.8) is 0 Å². The van der Waals surface area contributed by atoms with Crippen LogP contribution in [-0.4, -0.2) is 11.7 Å². The van der Waals surface area contributed by atoms with Crippen LogP contribution < -0.4 is 4.90 Å². The van der Waals surface area contributed by atoms with Gasteiger partial charge in [-0.2, -0.15) is 0 Å². The van der Waals surface area contributed by atoms with Crippen LogP contribution in [0.1, 0.15) is 49.3 Å². The summed E-state index contributed by atoms with van der Waals surface area (Å²) in [5.74, 6) is 0.509. The SMILES string of the molecule is Cc1cc(C)c(N=C(c2ccccc2)N(C(=O)c2ccccc2)c2c(C)cc(C)cc2C)c(C)c1.